The summed E-state index contributed by atoms with van der Waals surface area (Å²) in [5, 5.41) is 0. The average Bonchev–Trinajstić information content (AvgIpc) is 2.34. The van der Waals surface area contributed by atoms with E-state index in [1.54, 1.807) is 7.11 Å². The Bertz CT molecular complexity index is 356. The summed E-state index contributed by atoms with van der Waals surface area (Å²) in [4.78, 5) is 10.3. The monoisotopic (exact) mass is 239 g/mol. The molecule has 96 valence electrons. The number of hydrogen-bond acceptors (Lipinski definition) is 6. The number of nitrogen functional groups attached to an aromatic ring is 1. The Labute approximate surface area is 102 Å². The molecule has 0 saturated carbocycles. The second-order valence-corrected chi connectivity index (χ2v) is 4.33. The van der Waals surface area contributed by atoms with Crippen molar-refractivity contribution in [3.8, 4) is 5.75 Å². The van der Waals surface area contributed by atoms with Gasteiger partial charge in [-0.25, -0.2) is 15.8 Å². The fraction of sp³-hybridized carbons (Fsp3) is 0.636. The van der Waals surface area contributed by atoms with Crippen LogP contribution in [0.3, 0.4) is 0 Å². The molecule has 1 aromatic rings. The second kappa shape index (κ2) is 6.24. The second-order valence-electron chi connectivity index (χ2n) is 4.33. The molecule has 0 amide bonds. The summed E-state index contributed by atoms with van der Waals surface area (Å²) in [6.07, 6.45) is 2.56. The van der Waals surface area contributed by atoms with Gasteiger partial charge in [-0.05, 0) is 12.3 Å². The normalized spacial score (nSPS) is 10.5. The summed E-state index contributed by atoms with van der Waals surface area (Å²) in [5.41, 5.74) is 2.50. The van der Waals surface area contributed by atoms with Crippen LogP contribution < -0.4 is 20.9 Å². The van der Waals surface area contributed by atoms with Gasteiger partial charge in [-0.1, -0.05) is 13.8 Å². The first-order valence-corrected chi connectivity index (χ1v) is 5.66. The van der Waals surface area contributed by atoms with E-state index in [1.165, 1.54) is 6.33 Å². The van der Waals surface area contributed by atoms with Crippen LogP contribution in [-0.4, -0.2) is 30.7 Å². The quantitative estimate of drug-likeness (QED) is 0.575. The van der Waals surface area contributed by atoms with Crippen molar-refractivity contribution in [3.05, 3.63) is 6.33 Å². The minimum Gasteiger partial charge on any atom is -0.490 e. The van der Waals surface area contributed by atoms with Crippen LogP contribution in [-0.2, 0) is 0 Å². The maximum atomic E-state index is 5.38. The van der Waals surface area contributed by atoms with E-state index in [1.807, 2.05) is 11.9 Å². The van der Waals surface area contributed by atoms with Crippen molar-refractivity contribution in [3.63, 3.8) is 0 Å². The molecule has 0 bridgehead atoms. The lowest BCUT2D eigenvalue weighted by Gasteiger charge is -2.21. The van der Waals surface area contributed by atoms with Gasteiger partial charge in [0.05, 0.1) is 7.11 Å². The predicted octanol–water partition coefficient (Wildman–Crippen LogP) is 1.25. The Morgan fingerprint density at radius 3 is 2.71 bits per heavy atom. The van der Waals surface area contributed by atoms with E-state index in [9.17, 15) is 0 Å². The highest BCUT2D eigenvalue weighted by Gasteiger charge is 2.15. The number of hydrazine groups is 1. The van der Waals surface area contributed by atoms with Gasteiger partial charge in [0.25, 0.3) is 0 Å². The van der Waals surface area contributed by atoms with Gasteiger partial charge in [-0.3, -0.25) is 0 Å². The summed E-state index contributed by atoms with van der Waals surface area (Å²) >= 11 is 0. The molecule has 6 heteroatoms. The standard InChI is InChI=1S/C11H21N5O/c1-8(2)5-6-16(3)11-9(17-4)10(15-12)13-7-14-11/h7-8H,5-6,12H2,1-4H3,(H,13,14,15). The molecule has 0 saturated heterocycles. The van der Waals surface area contributed by atoms with Crippen LogP contribution in [0.15, 0.2) is 6.33 Å². The summed E-state index contributed by atoms with van der Waals surface area (Å²) < 4.78 is 5.29. The van der Waals surface area contributed by atoms with Crippen molar-refractivity contribution in [1.82, 2.24) is 9.97 Å². The van der Waals surface area contributed by atoms with Gasteiger partial charge in [-0.2, -0.15) is 0 Å². The highest BCUT2D eigenvalue weighted by molar-refractivity contribution is 5.63. The third-order valence-corrected chi connectivity index (χ3v) is 2.53. The number of rotatable bonds is 6. The molecule has 0 radical (unpaired) electrons. The molecule has 0 atom stereocenters. The Kier molecular flexibility index (Phi) is 4.96. The lowest BCUT2D eigenvalue weighted by Crippen LogP contribution is -2.22. The summed E-state index contributed by atoms with van der Waals surface area (Å²) in [7, 11) is 3.56. The first-order chi connectivity index (χ1) is 8.10. The van der Waals surface area contributed by atoms with E-state index >= 15 is 0 Å². The first kappa shape index (κ1) is 13.5. The molecule has 0 spiro atoms. The topological polar surface area (TPSA) is 76.3 Å². The molecule has 0 aliphatic heterocycles. The van der Waals surface area contributed by atoms with Crippen LogP contribution in [0.4, 0.5) is 11.6 Å². The zero-order valence-electron chi connectivity index (χ0n) is 10.9. The Morgan fingerprint density at radius 1 is 1.47 bits per heavy atom. The van der Waals surface area contributed by atoms with E-state index in [-0.39, 0.29) is 0 Å². The third-order valence-electron chi connectivity index (χ3n) is 2.53. The Balaban J connectivity index is 2.88. The molecule has 0 fully saturated rings. The molecule has 0 aromatic carbocycles. The lowest BCUT2D eigenvalue weighted by atomic mass is 10.1. The number of nitrogens with two attached hydrogens (primary N) is 1. The van der Waals surface area contributed by atoms with Crippen molar-refractivity contribution in [1.29, 1.82) is 0 Å². The molecule has 0 aliphatic rings. The van der Waals surface area contributed by atoms with E-state index in [0.29, 0.717) is 17.5 Å². The van der Waals surface area contributed by atoms with E-state index in [2.05, 4.69) is 29.2 Å². The largest absolute Gasteiger partial charge is 0.490 e. The molecule has 0 unspecified atom stereocenters. The molecular weight excluding hydrogens is 218 g/mol. The zero-order chi connectivity index (χ0) is 12.8. The van der Waals surface area contributed by atoms with E-state index < -0.39 is 0 Å². The number of hydrogen-bond donors (Lipinski definition) is 2. The SMILES string of the molecule is COc1c(NN)ncnc1N(C)CCC(C)C. The molecule has 3 N–H and O–H groups in total. The fourth-order valence-corrected chi connectivity index (χ4v) is 1.48. The summed E-state index contributed by atoms with van der Waals surface area (Å²) in [5.74, 6) is 7.84. The summed E-state index contributed by atoms with van der Waals surface area (Å²) in [6, 6.07) is 0. The lowest BCUT2D eigenvalue weighted by molar-refractivity contribution is 0.412. The number of nitrogens with one attached hydrogen (secondary N) is 1. The first-order valence-electron chi connectivity index (χ1n) is 5.66. The molecule has 0 aliphatic carbocycles. The Morgan fingerprint density at radius 2 is 2.18 bits per heavy atom. The number of aromatic nitrogens is 2. The zero-order valence-corrected chi connectivity index (χ0v) is 10.9. The van der Waals surface area contributed by atoms with Crippen LogP contribution in [0.2, 0.25) is 0 Å². The number of nitrogens with zero attached hydrogens (tertiary/aromatic N) is 3. The number of methoxy groups -OCH3 is 1. The number of anilines is 2. The van der Waals surface area contributed by atoms with Crippen LogP contribution in [0.1, 0.15) is 20.3 Å². The maximum Gasteiger partial charge on any atom is 0.205 e. The molecule has 1 aromatic heterocycles. The van der Waals surface area contributed by atoms with Gasteiger partial charge in [0.15, 0.2) is 11.6 Å². The molecule has 1 rings (SSSR count). The van der Waals surface area contributed by atoms with Crippen LogP contribution in [0.25, 0.3) is 0 Å². The summed E-state index contributed by atoms with van der Waals surface area (Å²) in [6.45, 7) is 5.30. The van der Waals surface area contributed by atoms with Crippen molar-refractivity contribution in [2.75, 3.05) is 31.0 Å². The van der Waals surface area contributed by atoms with Crippen molar-refractivity contribution in [2.24, 2.45) is 11.8 Å². The molecule has 6 nitrogen and oxygen atoms in total. The molecular formula is C11H21N5O. The Hall–Kier alpha value is -1.56. The van der Waals surface area contributed by atoms with E-state index in [0.717, 1.165) is 18.8 Å². The van der Waals surface area contributed by atoms with Crippen LogP contribution in [0, 0.1) is 5.92 Å². The van der Waals surface area contributed by atoms with Crippen LogP contribution in [0.5, 0.6) is 5.75 Å². The van der Waals surface area contributed by atoms with Crippen molar-refractivity contribution in [2.45, 2.75) is 20.3 Å². The van der Waals surface area contributed by atoms with Gasteiger partial charge in [0.2, 0.25) is 5.75 Å². The molecule has 1 heterocycles. The smallest absolute Gasteiger partial charge is 0.205 e. The fourth-order valence-electron chi connectivity index (χ4n) is 1.48. The highest BCUT2D eigenvalue weighted by Crippen LogP contribution is 2.30. The average molecular weight is 239 g/mol. The highest BCUT2D eigenvalue weighted by atomic mass is 16.5. The van der Waals surface area contributed by atoms with Gasteiger partial charge in [0.1, 0.15) is 6.33 Å². The van der Waals surface area contributed by atoms with E-state index in [4.69, 9.17) is 10.6 Å². The number of ether oxygens (including phenoxy) is 1. The van der Waals surface area contributed by atoms with Gasteiger partial charge in [-0.15, -0.1) is 0 Å². The third kappa shape index (κ3) is 3.45. The van der Waals surface area contributed by atoms with Crippen LogP contribution >= 0.6 is 0 Å². The predicted molar refractivity (Wildman–Crippen MR) is 69.1 cm³/mol. The van der Waals surface area contributed by atoms with Crippen molar-refractivity contribution >= 4 is 11.6 Å². The minimum absolute atomic E-state index is 0.494. The van der Waals surface area contributed by atoms with Gasteiger partial charge >= 0.3 is 0 Å². The minimum atomic E-state index is 0.494. The van der Waals surface area contributed by atoms with Crippen molar-refractivity contribution < 1.29 is 4.74 Å². The van der Waals surface area contributed by atoms with Gasteiger partial charge < -0.3 is 15.1 Å². The maximum absolute atomic E-state index is 5.38. The molecule has 17 heavy (non-hydrogen) atoms. The van der Waals surface area contributed by atoms with Gasteiger partial charge in [0, 0.05) is 13.6 Å².